The molecule has 27 heavy (non-hydrogen) atoms. The van der Waals surface area contributed by atoms with Crippen LogP contribution in [0, 0.1) is 0 Å². The van der Waals surface area contributed by atoms with Crippen LogP contribution in [0.3, 0.4) is 0 Å². The average molecular weight is 429 g/mol. The van der Waals surface area contributed by atoms with Crippen LogP contribution in [0.1, 0.15) is 0 Å². The van der Waals surface area contributed by atoms with Crippen molar-refractivity contribution in [3.05, 3.63) is 57.4 Å². The van der Waals surface area contributed by atoms with Gasteiger partial charge in [0.15, 0.2) is 11.5 Å². The molecular formula is C19H13BrN2O5. The van der Waals surface area contributed by atoms with Gasteiger partial charge in [-0.3, -0.25) is 0 Å². The standard InChI is InChI=1S/C19H13BrN2O5/c1-24-15-5-3-4-12(16(15)25-2)17-21-18(27-22-17)13-9-10-8-11(20)6-7-14(10)26-19(13)23/h3-9H,1-2H3. The SMILES string of the molecule is COc1cccc(-c2noc(-c3cc4cc(Br)ccc4oc3=O)n2)c1OC. The van der Waals surface area contributed by atoms with Crippen molar-refractivity contribution < 1.29 is 18.4 Å². The van der Waals surface area contributed by atoms with Crippen LogP contribution in [0.4, 0.5) is 0 Å². The van der Waals surface area contributed by atoms with Gasteiger partial charge in [-0.1, -0.05) is 27.2 Å². The van der Waals surface area contributed by atoms with Crippen molar-refractivity contribution in [3.8, 4) is 34.3 Å². The number of halogens is 1. The van der Waals surface area contributed by atoms with Crippen LogP contribution < -0.4 is 15.1 Å². The number of aromatic nitrogens is 2. The molecule has 0 aliphatic carbocycles. The zero-order valence-corrected chi connectivity index (χ0v) is 15.9. The highest BCUT2D eigenvalue weighted by molar-refractivity contribution is 9.10. The molecule has 4 rings (SSSR count). The minimum absolute atomic E-state index is 0.0606. The minimum Gasteiger partial charge on any atom is -0.493 e. The lowest BCUT2D eigenvalue weighted by molar-refractivity contribution is 0.355. The van der Waals surface area contributed by atoms with Gasteiger partial charge in [-0.25, -0.2) is 4.79 Å². The third-order valence-electron chi connectivity index (χ3n) is 3.99. The molecule has 4 aromatic rings. The molecular weight excluding hydrogens is 416 g/mol. The second-order valence-electron chi connectivity index (χ2n) is 5.59. The van der Waals surface area contributed by atoms with E-state index in [1.54, 1.807) is 43.5 Å². The van der Waals surface area contributed by atoms with Crippen LogP contribution in [0.5, 0.6) is 11.5 Å². The van der Waals surface area contributed by atoms with E-state index in [0.29, 0.717) is 22.6 Å². The van der Waals surface area contributed by atoms with Gasteiger partial charge in [0.25, 0.3) is 5.89 Å². The van der Waals surface area contributed by atoms with Crippen LogP contribution in [0.15, 0.2) is 60.7 Å². The Kier molecular flexibility index (Phi) is 4.41. The monoisotopic (exact) mass is 428 g/mol. The fraction of sp³-hybridized carbons (Fsp3) is 0.105. The number of hydrogen-bond donors (Lipinski definition) is 0. The Labute approximate surface area is 161 Å². The molecule has 0 fully saturated rings. The molecule has 0 saturated carbocycles. The molecule has 7 nitrogen and oxygen atoms in total. The highest BCUT2D eigenvalue weighted by Gasteiger charge is 2.20. The van der Waals surface area contributed by atoms with Crippen molar-refractivity contribution in [1.29, 1.82) is 0 Å². The Morgan fingerprint density at radius 1 is 1.04 bits per heavy atom. The summed E-state index contributed by atoms with van der Waals surface area (Å²) in [6.45, 7) is 0. The van der Waals surface area contributed by atoms with Gasteiger partial charge in [0.05, 0.1) is 19.8 Å². The van der Waals surface area contributed by atoms with Gasteiger partial charge in [0.1, 0.15) is 11.1 Å². The summed E-state index contributed by atoms with van der Waals surface area (Å²) in [5.74, 6) is 1.35. The van der Waals surface area contributed by atoms with E-state index in [2.05, 4.69) is 26.1 Å². The Morgan fingerprint density at radius 3 is 2.67 bits per heavy atom. The first kappa shape index (κ1) is 17.3. The lowest BCUT2D eigenvalue weighted by Crippen LogP contribution is -2.02. The normalized spacial score (nSPS) is 10.9. The summed E-state index contributed by atoms with van der Waals surface area (Å²) in [6, 6.07) is 12.3. The number of ether oxygens (including phenoxy) is 2. The van der Waals surface area contributed by atoms with Gasteiger partial charge < -0.3 is 18.4 Å². The summed E-state index contributed by atoms with van der Waals surface area (Å²) in [4.78, 5) is 16.7. The van der Waals surface area contributed by atoms with E-state index in [9.17, 15) is 4.79 Å². The summed E-state index contributed by atoms with van der Waals surface area (Å²) in [5.41, 5.74) is 0.680. The number of para-hydroxylation sites is 1. The van der Waals surface area contributed by atoms with E-state index in [0.717, 1.165) is 9.86 Å². The molecule has 0 unspecified atom stereocenters. The maximum absolute atomic E-state index is 12.3. The molecule has 0 N–H and O–H groups in total. The van der Waals surface area contributed by atoms with Gasteiger partial charge in [0.2, 0.25) is 5.82 Å². The summed E-state index contributed by atoms with van der Waals surface area (Å²) < 4.78 is 22.2. The zero-order valence-electron chi connectivity index (χ0n) is 14.4. The van der Waals surface area contributed by atoms with Crippen molar-refractivity contribution in [2.24, 2.45) is 0 Å². The third-order valence-corrected chi connectivity index (χ3v) is 4.49. The lowest BCUT2D eigenvalue weighted by Gasteiger charge is -2.09. The third kappa shape index (κ3) is 3.08. The van der Waals surface area contributed by atoms with Gasteiger partial charge in [-0.15, -0.1) is 0 Å². The molecule has 0 atom stereocenters. The van der Waals surface area contributed by atoms with Gasteiger partial charge in [-0.2, -0.15) is 4.98 Å². The quantitative estimate of drug-likeness (QED) is 0.448. The Balaban J connectivity index is 1.83. The molecule has 0 bridgehead atoms. The highest BCUT2D eigenvalue weighted by Crippen LogP contribution is 2.37. The van der Waals surface area contributed by atoms with Crippen LogP contribution in [-0.4, -0.2) is 24.4 Å². The fourth-order valence-corrected chi connectivity index (χ4v) is 3.13. The van der Waals surface area contributed by atoms with Crippen molar-refractivity contribution in [3.63, 3.8) is 0 Å². The lowest BCUT2D eigenvalue weighted by atomic mass is 10.1. The van der Waals surface area contributed by atoms with Crippen molar-refractivity contribution in [1.82, 2.24) is 10.1 Å². The summed E-state index contributed by atoms with van der Waals surface area (Å²) >= 11 is 3.40. The molecule has 0 spiro atoms. The van der Waals surface area contributed by atoms with E-state index in [4.69, 9.17) is 18.4 Å². The van der Waals surface area contributed by atoms with Crippen LogP contribution in [0.2, 0.25) is 0 Å². The van der Waals surface area contributed by atoms with E-state index in [1.165, 1.54) is 7.11 Å². The van der Waals surface area contributed by atoms with E-state index < -0.39 is 5.63 Å². The molecule has 0 radical (unpaired) electrons. The molecule has 0 aliphatic heterocycles. The van der Waals surface area contributed by atoms with E-state index in [1.807, 2.05) is 6.07 Å². The van der Waals surface area contributed by atoms with Crippen molar-refractivity contribution >= 4 is 26.9 Å². The molecule has 0 aliphatic rings. The number of nitrogens with zero attached hydrogens (tertiary/aromatic N) is 2. The second-order valence-corrected chi connectivity index (χ2v) is 6.51. The maximum atomic E-state index is 12.3. The summed E-state index contributed by atoms with van der Waals surface area (Å²) in [7, 11) is 3.07. The molecule has 0 saturated heterocycles. The summed E-state index contributed by atoms with van der Waals surface area (Å²) in [5, 5.41) is 4.71. The van der Waals surface area contributed by atoms with Gasteiger partial charge >= 0.3 is 5.63 Å². The van der Waals surface area contributed by atoms with E-state index >= 15 is 0 Å². The predicted octanol–water partition coefficient (Wildman–Crippen LogP) is 4.29. The zero-order chi connectivity index (χ0) is 19.0. The van der Waals surface area contributed by atoms with Crippen LogP contribution >= 0.6 is 15.9 Å². The van der Waals surface area contributed by atoms with Crippen molar-refractivity contribution in [2.75, 3.05) is 14.2 Å². The Bertz CT molecular complexity index is 1200. The van der Waals surface area contributed by atoms with Gasteiger partial charge in [0, 0.05) is 9.86 Å². The number of methoxy groups -OCH3 is 2. The number of rotatable bonds is 4. The Hall–Kier alpha value is -3.13. The molecule has 8 heteroatoms. The Morgan fingerprint density at radius 2 is 1.89 bits per heavy atom. The molecule has 2 aromatic carbocycles. The van der Waals surface area contributed by atoms with Crippen molar-refractivity contribution in [2.45, 2.75) is 0 Å². The van der Waals surface area contributed by atoms with E-state index in [-0.39, 0.29) is 17.3 Å². The largest absolute Gasteiger partial charge is 0.493 e. The maximum Gasteiger partial charge on any atom is 0.349 e. The molecule has 2 aromatic heterocycles. The molecule has 136 valence electrons. The average Bonchev–Trinajstić information content (AvgIpc) is 3.16. The second kappa shape index (κ2) is 6.88. The smallest absolute Gasteiger partial charge is 0.349 e. The number of hydrogen-bond acceptors (Lipinski definition) is 7. The topological polar surface area (TPSA) is 87.6 Å². The predicted molar refractivity (Wildman–Crippen MR) is 102 cm³/mol. The summed E-state index contributed by atoms with van der Waals surface area (Å²) in [6.07, 6.45) is 0. The van der Waals surface area contributed by atoms with Crippen LogP contribution in [-0.2, 0) is 0 Å². The first-order valence-corrected chi connectivity index (χ1v) is 8.69. The molecule has 0 amide bonds. The van der Waals surface area contributed by atoms with Gasteiger partial charge in [-0.05, 0) is 36.4 Å². The first-order chi connectivity index (χ1) is 13.1. The first-order valence-electron chi connectivity index (χ1n) is 7.89. The number of benzene rings is 2. The fourth-order valence-electron chi connectivity index (χ4n) is 2.75. The number of fused-ring (bicyclic) bond motifs is 1. The molecule has 2 heterocycles. The van der Waals surface area contributed by atoms with Crippen LogP contribution in [0.25, 0.3) is 33.8 Å². The highest BCUT2D eigenvalue weighted by atomic mass is 79.9. The minimum atomic E-state index is -0.558.